The van der Waals surface area contributed by atoms with E-state index in [1.807, 2.05) is 18.2 Å². The fraction of sp³-hybridized carbons (Fsp3) is 0.333. The molecule has 7 nitrogen and oxygen atoms in total. The monoisotopic (exact) mass is 566 g/mol. The average Bonchev–Trinajstić information content (AvgIpc) is 2.97. The summed E-state index contributed by atoms with van der Waals surface area (Å²) in [5, 5.41) is 6.68. The Morgan fingerprint density at radius 2 is 1.67 bits per heavy atom. The van der Waals surface area contributed by atoms with Crippen LogP contribution < -0.4 is 15.5 Å². The number of nitrogens with one attached hydrogen (secondary N) is 2. The van der Waals surface area contributed by atoms with Crippen molar-refractivity contribution in [3.8, 4) is 0 Å². The Morgan fingerprint density at radius 3 is 2.46 bits per heavy atom. The van der Waals surface area contributed by atoms with Crippen molar-refractivity contribution in [2.24, 2.45) is 0 Å². The van der Waals surface area contributed by atoms with Crippen LogP contribution in [0.1, 0.15) is 38.3 Å². The second-order valence-electron chi connectivity index (χ2n) is 9.82. The van der Waals surface area contributed by atoms with E-state index in [4.69, 9.17) is 27.9 Å². The van der Waals surface area contributed by atoms with Gasteiger partial charge in [-0.15, -0.1) is 0 Å². The zero-order valence-electron chi connectivity index (χ0n) is 21.7. The second-order valence-corrected chi connectivity index (χ2v) is 10.6. The van der Waals surface area contributed by atoms with Gasteiger partial charge in [0.25, 0.3) is 11.8 Å². The summed E-state index contributed by atoms with van der Waals surface area (Å²) in [6.45, 7) is 6.39. The minimum atomic E-state index is -0.329. The van der Waals surface area contributed by atoms with Crippen molar-refractivity contribution in [2.75, 3.05) is 56.2 Å². The number of fused-ring (bicyclic) bond motifs is 1. The van der Waals surface area contributed by atoms with E-state index in [1.165, 1.54) is 17.2 Å². The molecule has 0 unspecified atom stereocenters. The molecule has 0 spiro atoms. The first-order chi connectivity index (χ1) is 19.0. The summed E-state index contributed by atoms with van der Waals surface area (Å²) in [7, 11) is 0. The molecule has 0 saturated carbocycles. The quantitative estimate of drug-likeness (QED) is 0.364. The van der Waals surface area contributed by atoms with E-state index >= 15 is 0 Å². The summed E-state index contributed by atoms with van der Waals surface area (Å²) in [4.78, 5) is 31.0. The van der Waals surface area contributed by atoms with E-state index in [0.717, 1.165) is 64.5 Å². The number of carbonyl (C=O) groups excluding carboxylic acids is 2. The largest absolute Gasteiger partial charge is 0.379 e. The number of benzene rings is 3. The van der Waals surface area contributed by atoms with Crippen LogP contribution in [0.4, 0.5) is 11.4 Å². The highest BCUT2D eigenvalue weighted by Crippen LogP contribution is 2.30. The van der Waals surface area contributed by atoms with Gasteiger partial charge in [0.2, 0.25) is 0 Å². The Bertz CT molecular complexity index is 1340. The highest BCUT2D eigenvalue weighted by Gasteiger charge is 2.22. The fourth-order valence-electron chi connectivity index (χ4n) is 5.04. The summed E-state index contributed by atoms with van der Waals surface area (Å²) >= 11 is 12.1. The van der Waals surface area contributed by atoms with Crippen molar-refractivity contribution >= 4 is 46.4 Å². The lowest BCUT2D eigenvalue weighted by Gasteiger charge is -2.32. The number of hydrogen-bond acceptors (Lipinski definition) is 5. The Morgan fingerprint density at radius 1 is 0.872 bits per heavy atom. The maximum Gasteiger partial charge on any atom is 0.255 e. The van der Waals surface area contributed by atoms with Gasteiger partial charge in [0.15, 0.2) is 0 Å². The molecule has 204 valence electrons. The van der Waals surface area contributed by atoms with Crippen molar-refractivity contribution in [1.82, 2.24) is 10.2 Å². The molecule has 2 aliphatic heterocycles. The van der Waals surface area contributed by atoms with E-state index in [-0.39, 0.29) is 11.8 Å². The van der Waals surface area contributed by atoms with Crippen molar-refractivity contribution < 1.29 is 14.3 Å². The highest BCUT2D eigenvalue weighted by atomic mass is 35.5. The Kier molecular flexibility index (Phi) is 9.04. The summed E-state index contributed by atoms with van der Waals surface area (Å²) in [6.07, 6.45) is 1.76. The van der Waals surface area contributed by atoms with Crippen molar-refractivity contribution in [3.05, 3.63) is 93.0 Å². The summed E-state index contributed by atoms with van der Waals surface area (Å²) in [5.41, 5.74) is 4.90. The van der Waals surface area contributed by atoms with E-state index in [2.05, 4.69) is 38.6 Å². The summed E-state index contributed by atoms with van der Waals surface area (Å²) in [5.74, 6) is -0.485. The first-order valence-corrected chi connectivity index (χ1v) is 14.0. The predicted molar refractivity (Wildman–Crippen MR) is 156 cm³/mol. The fourth-order valence-corrected chi connectivity index (χ4v) is 5.34. The zero-order valence-corrected chi connectivity index (χ0v) is 23.2. The normalized spacial score (nSPS) is 15.5. The molecule has 0 aliphatic carbocycles. The number of ether oxygens (including phenoxy) is 1. The molecule has 0 radical (unpaired) electrons. The minimum absolute atomic E-state index is 0.156. The molecule has 3 aromatic rings. The van der Waals surface area contributed by atoms with Crippen LogP contribution in [0.25, 0.3) is 0 Å². The summed E-state index contributed by atoms with van der Waals surface area (Å²) in [6, 6.07) is 18.7. The lowest BCUT2D eigenvalue weighted by molar-refractivity contribution is 0.0374. The first-order valence-electron chi connectivity index (χ1n) is 13.3. The third kappa shape index (κ3) is 6.92. The van der Waals surface area contributed by atoms with E-state index in [9.17, 15) is 9.59 Å². The lowest BCUT2D eigenvalue weighted by Crippen LogP contribution is -2.38. The highest BCUT2D eigenvalue weighted by molar-refractivity contribution is 6.42. The molecule has 2 N–H and O–H groups in total. The maximum absolute atomic E-state index is 13.5. The molecule has 9 heteroatoms. The molecular formula is C30H32Cl2N4O3. The Labute approximate surface area is 239 Å². The van der Waals surface area contributed by atoms with Crippen molar-refractivity contribution in [1.29, 1.82) is 0 Å². The number of carbonyl (C=O) groups is 2. The number of nitrogens with zero attached hydrogens (tertiary/aromatic N) is 2. The standard InChI is InChI=1S/C30H32Cl2N4O3/c31-26-8-6-22(18-27(26)32)29(37)34-24-7-9-28(36-13-10-21-4-1-2-5-23(21)20-36)25(19-24)30(38)33-11-3-12-35-14-16-39-17-15-35/h1-2,4-9,18-19H,3,10-17,20H2,(H,33,38)(H,34,37). The molecular weight excluding hydrogens is 535 g/mol. The molecule has 5 rings (SSSR count). The van der Waals surface area contributed by atoms with Crippen molar-refractivity contribution in [3.63, 3.8) is 0 Å². The molecule has 2 amide bonds. The third-order valence-electron chi connectivity index (χ3n) is 7.19. The van der Waals surface area contributed by atoms with E-state index < -0.39 is 0 Å². The average molecular weight is 568 g/mol. The molecule has 0 aromatic heterocycles. The van der Waals surface area contributed by atoms with Crippen molar-refractivity contribution in [2.45, 2.75) is 19.4 Å². The maximum atomic E-state index is 13.5. The van der Waals surface area contributed by atoms with Crippen LogP contribution in [-0.2, 0) is 17.7 Å². The number of halogens is 2. The van der Waals surface area contributed by atoms with Gasteiger partial charge in [-0.1, -0.05) is 47.5 Å². The molecule has 2 aliphatic rings. The van der Waals surface area contributed by atoms with Gasteiger partial charge in [0.05, 0.1) is 28.8 Å². The van der Waals surface area contributed by atoms with Crippen LogP contribution in [0, 0.1) is 0 Å². The van der Waals surface area contributed by atoms with Crippen LogP contribution >= 0.6 is 23.2 Å². The number of amides is 2. The molecule has 1 fully saturated rings. The van der Waals surface area contributed by atoms with Gasteiger partial charge in [-0.25, -0.2) is 0 Å². The molecule has 3 aromatic carbocycles. The van der Waals surface area contributed by atoms with Crippen LogP contribution in [0.3, 0.4) is 0 Å². The van der Waals surface area contributed by atoms with Crippen LogP contribution in [0.15, 0.2) is 60.7 Å². The van der Waals surface area contributed by atoms with Gasteiger partial charge < -0.3 is 20.3 Å². The number of anilines is 2. The third-order valence-corrected chi connectivity index (χ3v) is 7.93. The van der Waals surface area contributed by atoms with E-state index in [1.54, 1.807) is 18.2 Å². The van der Waals surface area contributed by atoms with E-state index in [0.29, 0.717) is 33.4 Å². The van der Waals surface area contributed by atoms with Crippen LogP contribution in [-0.4, -0.2) is 62.7 Å². The number of rotatable bonds is 8. The predicted octanol–water partition coefficient (Wildman–Crippen LogP) is 5.26. The van der Waals surface area contributed by atoms with Gasteiger partial charge in [-0.05, 0) is 66.9 Å². The lowest BCUT2D eigenvalue weighted by atomic mass is 9.98. The Balaban J connectivity index is 1.33. The van der Waals surface area contributed by atoms with Gasteiger partial charge >= 0.3 is 0 Å². The van der Waals surface area contributed by atoms with Gasteiger partial charge in [-0.3, -0.25) is 14.5 Å². The van der Waals surface area contributed by atoms with Crippen LogP contribution in [0.2, 0.25) is 10.0 Å². The minimum Gasteiger partial charge on any atom is -0.379 e. The topological polar surface area (TPSA) is 73.9 Å². The molecule has 39 heavy (non-hydrogen) atoms. The Hall–Kier alpha value is -3.10. The second kappa shape index (κ2) is 12.8. The SMILES string of the molecule is O=C(Nc1ccc(N2CCc3ccccc3C2)c(C(=O)NCCCN2CCOCC2)c1)c1ccc(Cl)c(Cl)c1. The summed E-state index contributed by atoms with van der Waals surface area (Å²) < 4.78 is 5.41. The molecule has 0 bridgehead atoms. The molecule has 2 heterocycles. The van der Waals surface area contributed by atoms with Crippen LogP contribution in [0.5, 0.6) is 0 Å². The number of hydrogen-bond donors (Lipinski definition) is 2. The smallest absolute Gasteiger partial charge is 0.255 e. The van der Waals surface area contributed by atoms with Gasteiger partial charge in [-0.2, -0.15) is 0 Å². The molecule has 0 atom stereocenters. The molecule has 1 saturated heterocycles. The van der Waals surface area contributed by atoms with Gasteiger partial charge in [0, 0.05) is 49.7 Å². The zero-order chi connectivity index (χ0) is 27.2. The van der Waals surface area contributed by atoms with Gasteiger partial charge in [0.1, 0.15) is 0 Å². The first kappa shape index (κ1) is 27.5. The number of morpholine rings is 1.